The number of carbonyl (C=O) groups is 1. The van der Waals surface area contributed by atoms with Crippen LogP contribution in [0.15, 0.2) is 12.2 Å². The second kappa shape index (κ2) is 8.08. The number of allylic oxidation sites excluding steroid dienone is 1. The lowest BCUT2D eigenvalue weighted by Crippen LogP contribution is -2.67. The van der Waals surface area contributed by atoms with E-state index in [2.05, 4.69) is 48.1 Å². The second-order valence-corrected chi connectivity index (χ2v) is 15.2. The van der Waals surface area contributed by atoms with Crippen LogP contribution in [0, 0.1) is 56.7 Å². The normalized spacial score (nSPS) is 55.2. The van der Waals surface area contributed by atoms with E-state index in [9.17, 15) is 9.90 Å². The van der Waals surface area contributed by atoms with Crippen molar-refractivity contribution in [2.45, 2.75) is 119 Å². The highest BCUT2D eigenvalue weighted by atomic mass is 16.5. The molecule has 0 spiro atoms. The van der Waals surface area contributed by atoms with Crippen LogP contribution in [0.2, 0.25) is 0 Å². The number of hydrogen-bond acceptors (Lipinski definition) is 3. The largest absolute Gasteiger partial charge is 0.465 e. The second-order valence-electron chi connectivity index (χ2n) is 15.2. The molecule has 5 rings (SSSR count). The highest BCUT2D eigenvalue weighted by molar-refractivity contribution is 5.65. The van der Waals surface area contributed by atoms with Crippen LogP contribution in [0.3, 0.4) is 0 Å². The fourth-order valence-corrected chi connectivity index (χ4v) is 11.8. The van der Waals surface area contributed by atoms with Gasteiger partial charge in [-0.2, -0.15) is 0 Å². The first-order chi connectivity index (χ1) is 16.2. The smallest absolute Gasteiger partial charge is 0.302 e. The van der Waals surface area contributed by atoms with Crippen molar-refractivity contribution in [3.63, 3.8) is 0 Å². The lowest BCUT2D eigenvalue weighted by Gasteiger charge is -2.73. The summed E-state index contributed by atoms with van der Waals surface area (Å²) < 4.78 is 5.60. The van der Waals surface area contributed by atoms with Crippen LogP contribution in [-0.2, 0) is 9.53 Å². The van der Waals surface area contributed by atoms with Gasteiger partial charge in [0.05, 0.1) is 12.7 Å². The van der Waals surface area contributed by atoms with Gasteiger partial charge in [-0.3, -0.25) is 4.79 Å². The Morgan fingerprint density at radius 1 is 0.857 bits per heavy atom. The number of rotatable bonds is 3. The molecule has 0 aromatic rings. The molecule has 0 saturated heterocycles. The molecule has 5 aliphatic rings. The molecule has 1 N–H and O–H groups in total. The summed E-state index contributed by atoms with van der Waals surface area (Å²) in [7, 11) is 0. The number of hydrogen-bond donors (Lipinski definition) is 1. The van der Waals surface area contributed by atoms with Crippen LogP contribution >= 0.6 is 0 Å². The van der Waals surface area contributed by atoms with E-state index in [1.54, 1.807) is 0 Å². The predicted molar refractivity (Wildman–Crippen MR) is 142 cm³/mol. The summed E-state index contributed by atoms with van der Waals surface area (Å²) >= 11 is 0. The quantitative estimate of drug-likeness (QED) is 0.332. The minimum Gasteiger partial charge on any atom is -0.465 e. The molecule has 0 heterocycles. The monoisotopic (exact) mass is 484 g/mol. The molecular weight excluding hydrogens is 432 g/mol. The van der Waals surface area contributed by atoms with Crippen LogP contribution in [-0.4, -0.2) is 23.8 Å². The average molecular weight is 485 g/mol. The summed E-state index contributed by atoms with van der Waals surface area (Å²) in [5, 5.41) is 11.2. The maximum atomic E-state index is 11.7. The van der Waals surface area contributed by atoms with E-state index < -0.39 is 0 Å². The molecule has 3 heteroatoms. The van der Waals surface area contributed by atoms with Crippen molar-refractivity contribution in [1.82, 2.24) is 0 Å². The third-order valence-corrected chi connectivity index (χ3v) is 13.8. The molecule has 3 nitrogen and oxygen atoms in total. The van der Waals surface area contributed by atoms with E-state index >= 15 is 0 Å². The van der Waals surface area contributed by atoms with E-state index in [1.165, 1.54) is 57.4 Å². The minimum atomic E-state index is -0.388. The van der Waals surface area contributed by atoms with Gasteiger partial charge in [-0.1, -0.05) is 46.8 Å². The molecule has 0 aliphatic heterocycles. The third kappa shape index (κ3) is 3.34. The zero-order chi connectivity index (χ0) is 25.6. The number of aliphatic hydroxyl groups is 1. The Balaban J connectivity index is 1.51. The lowest BCUT2D eigenvalue weighted by atomic mass is 9.32. The van der Waals surface area contributed by atoms with E-state index in [0.29, 0.717) is 40.6 Å². The van der Waals surface area contributed by atoms with Crippen LogP contribution in [0.5, 0.6) is 0 Å². The standard InChI is InChI=1S/C32H52O3/c1-20(2)22-11-14-28(4)17-18-31(7)23(27(22)28)9-10-25-29(5)15-13-26(34)30(6,19-35-21(3)33)24(29)12-16-32(25,31)8/h22-27,34H,1,9-19H2,2-8H3/t22-,23?,24?,25?,26-,27?,28+,29-,30-,31+,32+/m0/s1. The van der Waals surface area contributed by atoms with Crippen molar-refractivity contribution in [2.75, 3.05) is 6.61 Å². The number of carbonyl (C=O) groups excluding carboxylic acids is 1. The molecular formula is C32H52O3. The maximum absolute atomic E-state index is 11.7. The molecule has 198 valence electrons. The average Bonchev–Trinajstić information content (AvgIpc) is 3.14. The SMILES string of the molecule is C=C(C)[C@@H]1CC[C@]2(C)CC[C@]3(C)C(CCC4[C@@]5(C)CC[C@H](O)[C@@](C)(COC(C)=O)C5CC[C@]43C)C12. The van der Waals surface area contributed by atoms with Gasteiger partial charge < -0.3 is 9.84 Å². The van der Waals surface area contributed by atoms with Gasteiger partial charge in [0.2, 0.25) is 0 Å². The molecule has 0 bridgehead atoms. The molecule has 0 amide bonds. The van der Waals surface area contributed by atoms with E-state index in [0.717, 1.165) is 31.1 Å². The first-order valence-electron chi connectivity index (χ1n) is 14.7. The highest BCUT2D eigenvalue weighted by Gasteiger charge is 2.70. The third-order valence-electron chi connectivity index (χ3n) is 13.8. The van der Waals surface area contributed by atoms with E-state index in [4.69, 9.17) is 4.74 Å². The molecule has 4 unspecified atom stereocenters. The summed E-state index contributed by atoms with van der Waals surface area (Å²) in [4.78, 5) is 11.7. The molecule has 5 saturated carbocycles. The Kier molecular flexibility index (Phi) is 5.96. The van der Waals surface area contributed by atoms with Crippen molar-refractivity contribution in [2.24, 2.45) is 56.7 Å². The van der Waals surface area contributed by atoms with Gasteiger partial charge in [0.1, 0.15) is 0 Å². The zero-order valence-electron chi connectivity index (χ0n) is 23.7. The molecule has 5 fully saturated rings. The van der Waals surface area contributed by atoms with Crippen molar-refractivity contribution in [3.05, 3.63) is 12.2 Å². The molecule has 11 atom stereocenters. The summed E-state index contributed by atoms with van der Waals surface area (Å²) in [6, 6.07) is 0. The van der Waals surface area contributed by atoms with Gasteiger partial charge in [0.25, 0.3) is 0 Å². The molecule has 0 aromatic heterocycles. The Labute approximate surface area is 214 Å². The van der Waals surface area contributed by atoms with Gasteiger partial charge in [-0.15, -0.1) is 0 Å². The minimum absolute atomic E-state index is 0.194. The van der Waals surface area contributed by atoms with Crippen LogP contribution < -0.4 is 0 Å². The van der Waals surface area contributed by atoms with Crippen LogP contribution in [0.1, 0.15) is 113 Å². The first-order valence-corrected chi connectivity index (χ1v) is 14.7. The molecule has 35 heavy (non-hydrogen) atoms. The number of ether oxygens (including phenoxy) is 1. The van der Waals surface area contributed by atoms with Crippen LogP contribution in [0.4, 0.5) is 0 Å². The highest BCUT2D eigenvalue weighted by Crippen LogP contribution is 2.77. The molecule has 0 aromatic carbocycles. The Morgan fingerprint density at radius 2 is 1.57 bits per heavy atom. The van der Waals surface area contributed by atoms with Crippen molar-refractivity contribution < 1.29 is 14.6 Å². The summed E-state index contributed by atoms with van der Waals surface area (Å²) in [5.74, 6) is 3.15. The first kappa shape index (κ1) is 25.8. The predicted octanol–water partition coefficient (Wildman–Crippen LogP) is 7.57. The van der Waals surface area contributed by atoms with E-state index in [1.807, 2.05) is 0 Å². The number of esters is 1. The summed E-state index contributed by atoms with van der Waals surface area (Å²) in [5.41, 5.74) is 2.46. The van der Waals surface area contributed by atoms with Crippen LogP contribution in [0.25, 0.3) is 0 Å². The number of fused-ring (bicyclic) bond motifs is 7. The van der Waals surface area contributed by atoms with Gasteiger partial charge in [-0.25, -0.2) is 0 Å². The Morgan fingerprint density at radius 3 is 2.23 bits per heavy atom. The summed E-state index contributed by atoms with van der Waals surface area (Å²) in [6.07, 6.45) is 12.1. The fraction of sp³-hybridized carbons (Fsp3) is 0.906. The van der Waals surface area contributed by atoms with Gasteiger partial charge in [-0.05, 0) is 122 Å². The lowest BCUT2D eigenvalue weighted by molar-refractivity contribution is -0.254. The van der Waals surface area contributed by atoms with Gasteiger partial charge in [0, 0.05) is 12.3 Å². The summed E-state index contributed by atoms with van der Waals surface area (Å²) in [6.45, 7) is 21.4. The zero-order valence-corrected chi connectivity index (χ0v) is 23.7. The van der Waals surface area contributed by atoms with Crippen molar-refractivity contribution in [1.29, 1.82) is 0 Å². The van der Waals surface area contributed by atoms with E-state index in [-0.39, 0.29) is 22.9 Å². The van der Waals surface area contributed by atoms with Gasteiger partial charge >= 0.3 is 5.97 Å². The van der Waals surface area contributed by atoms with Gasteiger partial charge in [0.15, 0.2) is 0 Å². The fourth-order valence-electron chi connectivity index (χ4n) is 11.8. The molecule has 0 radical (unpaired) electrons. The Bertz CT molecular complexity index is 895. The molecule has 5 aliphatic carbocycles. The maximum Gasteiger partial charge on any atom is 0.302 e. The Hall–Kier alpha value is -0.830. The van der Waals surface area contributed by atoms with Crippen molar-refractivity contribution in [3.8, 4) is 0 Å². The number of aliphatic hydroxyl groups excluding tert-OH is 1. The topological polar surface area (TPSA) is 46.5 Å². The van der Waals surface area contributed by atoms with Crippen molar-refractivity contribution >= 4 is 5.97 Å².